The molecule has 0 saturated heterocycles. The largest absolute Gasteiger partial charge is 0.382 e. The summed E-state index contributed by atoms with van der Waals surface area (Å²) in [5.41, 5.74) is 0. The van der Waals surface area contributed by atoms with Crippen LogP contribution in [0.25, 0.3) is 0 Å². The smallest absolute Gasteiger partial charge is 0.0437 e. The van der Waals surface area contributed by atoms with E-state index in [1.807, 2.05) is 26.0 Å². The molecule has 1 heteroatoms. The number of hydrogen-bond acceptors (Lipinski definition) is 1. The Balaban J connectivity index is 0. The molecule has 0 aromatic rings. The van der Waals surface area contributed by atoms with Crippen molar-refractivity contribution in [3.8, 4) is 0 Å². The Morgan fingerprint density at radius 2 is 1.50 bits per heavy atom. The van der Waals surface area contributed by atoms with Gasteiger partial charge in [-0.15, -0.1) is 13.2 Å². The van der Waals surface area contributed by atoms with Crippen LogP contribution in [0.2, 0.25) is 0 Å². The van der Waals surface area contributed by atoms with Crippen molar-refractivity contribution in [2.45, 2.75) is 20.3 Å². The van der Waals surface area contributed by atoms with Crippen LogP contribution >= 0.6 is 0 Å². The molecule has 0 aromatic heterocycles. The first-order valence-corrected chi connectivity index (χ1v) is 3.62. The summed E-state index contributed by atoms with van der Waals surface area (Å²) in [5.74, 6) is 0. The highest BCUT2D eigenvalue weighted by Crippen LogP contribution is 1.73. The molecule has 0 N–H and O–H groups in total. The Morgan fingerprint density at radius 1 is 1.10 bits per heavy atom. The van der Waals surface area contributed by atoms with Gasteiger partial charge in [0.25, 0.3) is 0 Å². The molecule has 0 atom stereocenters. The summed E-state index contributed by atoms with van der Waals surface area (Å²) < 4.78 is 4.83. The van der Waals surface area contributed by atoms with Gasteiger partial charge in [0, 0.05) is 13.2 Å². The van der Waals surface area contributed by atoms with Crippen LogP contribution in [0.15, 0.2) is 25.3 Å². The van der Waals surface area contributed by atoms with E-state index in [2.05, 4.69) is 13.2 Å². The van der Waals surface area contributed by atoms with Crippen LogP contribution in [0.5, 0.6) is 0 Å². The van der Waals surface area contributed by atoms with Crippen molar-refractivity contribution in [3.05, 3.63) is 25.3 Å². The summed E-state index contributed by atoms with van der Waals surface area (Å²) in [4.78, 5) is 0. The SMILES string of the molecule is C=CCC=C.CCOCC. The topological polar surface area (TPSA) is 9.23 Å². The van der Waals surface area contributed by atoms with Crippen LogP contribution in [-0.2, 0) is 4.74 Å². The van der Waals surface area contributed by atoms with E-state index in [0.717, 1.165) is 19.6 Å². The molecule has 10 heavy (non-hydrogen) atoms. The second-order valence-electron chi connectivity index (χ2n) is 1.59. The fourth-order valence-electron chi connectivity index (χ4n) is 0.322. The molecule has 60 valence electrons. The minimum absolute atomic E-state index is 0.844. The zero-order chi connectivity index (χ0) is 8.24. The van der Waals surface area contributed by atoms with Gasteiger partial charge in [-0.3, -0.25) is 0 Å². The predicted octanol–water partition coefficient (Wildman–Crippen LogP) is 2.79. The van der Waals surface area contributed by atoms with E-state index < -0.39 is 0 Å². The average Bonchev–Trinajstić information content (AvgIpc) is 1.93. The molecule has 0 rings (SSSR count). The number of allylic oxidation sites excluding steroid dienone is 2. The highest BCUT2D eigenvalue weighted by atomic mass is 16.5. The van der Waals surface area contributed by atoms with Crippen molar-refractivity contribution in [2.24, 2.45) is 0 Å². The maximum Gasteiger partial charge on any atom is 0.0437 e. The maximum absolute atomic E-state index is 4.83. The second-order valence-corrected chi connectivity index (χ2v) is 1.59. The van der Waals surface area contributed by atoms with Crippen molar-refractivity contribution in [1.29, 1.82) is 0 Å². The van der Waals surface area contributed by atoms with Gasteiger partial charge in [-0.2, -0.15) is 0 Å². The molecule has 0 fully saturated rings. The predicted molar refractivity (Wildman–Crippen MR) is 47.2 cm³/mol. The Bertz CT molecular complexity index is 59.1. The van der Waals surface area contributed by atoms with Crippen LogP contribution in [-0.4, -0.2) is 13.2 Å². The summed E-state index contributed by atoms with van der Waals surface area (Å²) in [6, 6.07) is 0. The maximum atomic E-state index is 4.83. The molecular weight excluding hydrogens is 124 g/mol. The van der Waals surface area contributed by atoms with Gasteiger partial charge >= 0.3 is 0 Å². The van der Waals surface area contributed by atoms with E-state index in [4.69, 9.17) is 4.74 Å². The number of ether oxygens (including phenoxy) is 1. The van der Waals surface area contributed by atoms with Gasteiger partial charge in [-0.05, 0) is 20.3 Å². The molecule has 0 aliphatic carbocycles. The zero-order valence-corrected chi connectivity index (χ0v) is 7.10. The summed E-state index contributed by atoms with van der Waals surface area (Å²) in [6.45, 7) is 12.6. The van der Waals surface area contributed by atoms with Crippen molar-refractivity contribution in [1.82, 2.24) is 0 Å². The lowest BCUT2D eigenvalue weighted by atomic mass is 10.4. The minimum atomic E-state index is 0.844. The Kier molecular flexibility index (Phi) is 19.2. The lowest BCUT2D eigenvalue weighted by Crippen LogP contribution is -1.84. The first-order valence-electron chi connectivity index (χ1n) is 3.62. The van der Waals surface area contributed by atoms with E-state index in [1.165, 1.54) is 0 Å². The van der Waals surface area contributed by atoms with Crippen LogP contribution in [0.3, 0.4) is 0 Å². The molecule has 0 saturated carbocycles. The van der Waals surface area contributed by atoms with Gasteiger partial charge in [0.15, 0.2) is 0 Å². The van der Waals surface area contributed by atoms with Crippen LogP contribution < -0.4 is 0 Å². The van der Waals surface area contributed by atoms with E-state index in [9.17, 15) is 0 Å². The molecule has 0 radical (unpaired) electrons. The summed E-state index contributed by atoms with van der Waals surface area (Å²) in [7, 11) is 0. The summed E-state index contributed by atoms with van der Waals surface area (Å²) >= 11 is 0. The van der Waals surface area contributed by atoms with Crippen LogP contribution in [0.4, 0.5) is 0 Å². The molecule has 0 spiro atoms. The van der Waals surface area contributed by atoms with E-state index in [1.54, 1.807) is 0 Å². The molecule has 0 aromatic carbocycles. The lowest BCUT2D eigenvalue weighted by molar-refractivity contribution is 0.162. The Morgan fingerprint density at radius 3 is 1.50 bits per heavy atom. The molecule has 0 aliphatic rings. The Hall–Kier alpha value is -0.560. The van der Waals surface area contributed by atoms with E-state index >= 15 is 0 Å². The monoisotopic (exact) mass is 142 g/mol. The third-order valence-corrected chi connectivity index (χ3v) is 0.742. The molecule has 0 bridgehead atoms. The van der Waals surface area contributed by atoms with Gasteiger partial charge < -0.3 is 4.74 Å². The quantitative estimate of drug-likeness (QED) is 0.548. The van der Waals surface area contributed by atoms with Gasteiger partial charge in [-0.1, -0.05) is 12.2 Å². The average molecular weight is 142 g/mol. The highest BCUT2D eigenvalue weighted by Gasteiger charge is 1.64. The Labute approximate surface area is 64.4 Å². The van der Waals surface area contributed by atoms with Crippen LogP contribution in [0.1, 0.15) is 20.3 Å². The molecule has 1 nitrogen and oxygen atoms in total. The fourth-order valence-corrected chi connectivity index (χ4v) is 0.322. The molecule has 0 amide bonds. The van der Waals surface area contributed by atoms with Crippen LogP contribution in [0, 0.1) is 0 Å². The molecule has 0 aliphatic heterocycles. The van der Waals surface area contributed by atoms with Gasteiger partial charge in [0.1, 0.15) is 0 Å². The first kappa shape index (κ1) is 12.1. The molecule has 0 unspecified atom stereocenters. The third kappa shape index (κ3) is 26.1. The van der Waals surface area contributed by atoms with Crippen molar-refractivity contribution < 1.29 is 4.74 Å². The van der Waals surface area contributed by atoms with Gasteiger partial charge in [0.2, 0.25) is 0 Å². The standard InChI is InChI=1S/C5H8.C4H10O/c2*1-3-5-4-2/h3-4H,1-2,5H2;3-4H2,1-2H3. The number of hydrogen-bond donors (Lipinski definition) is 0. The minimum Gasteiger partial charge on any atom is -0.382 e. The van der Waals surface area contributed by atoms with E-state index in [-0.39, 0.29) is 0 Å². The summed E-state index contributed by atoms with van der Waals surface area (Å²) in [6.07, 6.45) is 4.54. The van der Waals surface area contributed by atoms with E-state index in [0.29, 0.717) is 0 Å². The number of rotatable bonds is 4. The highest BCUT2D eigenvalue weighted by molar-refractivity contribution is 4.79. The van der Waals surface area contributed by atoms with Gasteiger partial charge in [0.05, 0.1) is 0 Å². The fraction of sp³-hybridized carbons (Fsp3) is 0.556. The van der Waals surface area contributed by atoms with Crippen molar-refractivity contribution >= 4 is 0 Å². The third-order valence-electron chi connectivity index (χ3n) is 0.742. The zero-order valence-electron chi connectivity index (χ0n) is 7.10. The molecular formula is C9H18O. The lowest BCUT2D eigenvalue weighted by Gasteiger charge is -1.86. The van der Waals surface area contributed by atoms with Gasteiger partial charge in [-0.25, -0.2) is 0 Å². The first-order chi connectivity index (χ1) is 4.83. The van der Waals surface area contributed by atoms with Crippen molar-refractivity contribution in [3.63, 3.8) is 0 Å². The van der Waals surface area contributed by atoms with Crippen molar-refractivity contribution in [2.75, 3.05) is 13.2 Å². The second kappa shape index (κ2) is 15.8. The molecule has 0 heterocycles. The summed E-state index contributed by atoms with van der Waals surface area (Å²) in [5, 5.41) is 0. The normalized spacial score (nSPS) is 7.40.